The van der Waals surface area contributed by atoms with Crippen molar-refractivity contribution in [3.8, 4) is 0 Å². The van der Waals surface area contributed by atoms with E-state index >= 15 is 0 Å². The third kappa shape index (κ3) is 2.24. The molecule has 0 bridgehead atoms. The van der Waals surface area contributed by atoms with Crippen molar-refractivity contribution in [2.75, 3.05) is 6.54 Å². The molecule has 1 aromatic rings. The molecule has 0 amide bonds. The van der Waals surface area contributed by atoms with Crippen molar-refractivity contribution in [3.63, 3.8) is 0 Å². The lowest BCUT2D eigenvalue weighted by molar-refractivity contribution is 0.110. The highest BCUT2D eigenvalue weighted by Crippen LogP contribution is 2.32. The number of aromatic nitrogens is 2. The summed E-state index contributed by atoms with van der Waals surface area (Å²) in [5, 5.41) is 13.1. The highest BCUT2D eigenvalue weighted by molar-refractivity contribution is 5.09. The van der Waals surface area contributed by atoms with Gasteiger partial charge in [-0.2, -0.15) is 0 Å². The number of nitrogens with zero attached hydrogens (tertiary/aromatic N) is 2. The standard InChI is InChI=1S/C13H21N3O/c17-11-5-3-10(4-6-11)16-9-14-8-13(16)12-2-1-7-15-12/h8-12,15,17H,1-7H2. The molecule has 1 aromatic heterocycles. The number of nitrogens with one attached hydrogen (secondary N) is 1. The average molecular weight is 235 g/mol. The first-order chi connectivity index (χ1) is 8.34. The van der Waals surface area contributed by atoms with Crippen LogP contribution in [-0.2, 0) is 0 Å². The second kappa shape index (κ2) is 4.78. The molecule has 4 nitrogen and oxygen atoms in total. The number of aliphatic hydroxyl groups excluding tert-OH is 1. The van der Waals surface area contributed by atoms with Gasteiger partial charge in [-0.25, -0.2) is 4.98 Å². The van der Waals surface area contributed by atoms with Gasteiger partial charge in [0, 0.05) is 18.3 Å². The van der Waals surface area contributed by atoms with Gasteiger partial charge in [-0.1, -0.05) is 0 Å². The lowest BCUT2D eigenvalue weighted by atomic mass is 9.92. The summed E-state index contributed by atoms with van der Waals surface area (Å²) in [6.07, 6.45) is 10.4. The zero-order valence-corrected chi connectivity index (χ0v) is 10.2. The van der Waals surface area contributed by atoms with E-state index < -0.39 is 0 Å². The first-order valence-corrected chi connectivity index (χ1v) is 6.78. The van der Waals surface area contributed by atoms with E-state index in [4.69, 9.17) is 0 Å². The Morgan fingerprint density at radius 3 is 2.76 bits per heavy atom. The molecule has 2 aliphatic rings. The summed E-state index contributed by atoms with van der Waals surface area (Å²) in [4.78, 5) is 4.32. The van der Waals surface area contributed by atoms with Crippen molar-refractivity contribution in [3.05, 3.63) is 18.2 Å². The van der Waals surface area contributed by atoms with Gasteiger partial charge in [-0.05, 0) is 45.1 Å². The van der Waals surface area contributed by atoms with Gasteiger partial charge in [0.05, 0.1) is 18.1 Å². The van der Waals surface area contributed by atoms with Crippen molar-refractivity contribution >= 4 is 0 Å². The summed E-state index contributed by atoms with van der Waals surface area (Å²) in [5.41, 5.74) is 1.34. The lowest BCUT2D eigenvalue weighted by Gasteiger charge is -2.28. The minimum atomic E-state index is -0.0807. The largest absolute Gasteiger partial charge is 0.393 e. The second-order valence-electron chi connectivity index (χ2n) is 5.34. The van der Waals surface area contributed by atoms with Crippen LogP contribution in [0.2, 0.25) is 0 Å². The maximum Gasteiger partial charge on any atom is 0.0951 e. The van der Waals surface area contributed by atoms with Gasteiger partial charge in [0.1, 0.15) is 0 Å². The number of aliphatic hydroxyl groups is 1. The molecule has 1 aliphatic heterocycles. The summed E-state index contributed by atoms with van der Waals surface area (Å²) in [7, 11) is 0. The van der Waals surface area contributed by atoms with E-state index in [1.807, 2.05) is 12.5 Å². The topological polar surface area (TPSA) is 50.1 Å². The zero-order chi connectivity index (χ0) is 11.7. The van der Waals surface area contributed by atoms with E-state index in [0.717, 1.165) is 32.2 Å². The molecule has 0 spiro atoms. The molecule has 2 heterocycles. The summed E-state index contributed by atoms with van der Waals surface area (Å²) >= 11 is 0. The molecule has 0 radical (unpaired) electrons. The Bertz CT molecular complexity index is 362. The van der Waals surface area contributed by atoms with Crippen molar-refractivity contribution in [2.45, 2.75) is 56.7 Å². The van der Waals surface area contributed by atoms with Gasteiger partial charge >= 0.3 is 0 Å². The Kier molecular flexibility index (Phi) is 3.16. The Labute approximate surface area is 102 Å². The molecule has 1 saturated carbocycles. The molecular weight excluding hydrogens is 214 g/mol. The van der Waals surface area contributed by atoms with Crippen molar-refractivity contribution in [1.29, 1.82) is 0 Å². The van der Waals surface area contributed by atoms with E-state index in [9.17, 15) is 5.11 Å². The number of rotatable bonds is 2. The van der Waals surface area contributed by atoms with Crippen molar-refractivity contribution in [1.82, 2.24) is 14.9 Å². The molecule has 2 N–H and O–H groups in total. The van der Waals surface area contributed by atoms with Gasteiger partial charge in [0.15, 0.2) is 0 Å². The predicted molar refractivity (Wildman–Crippen MR) is 65.7 cm³/mol. The molecule has 2 fully saturated rings. The van der Waals surface area contributed by atoms with Crippen LogP contribution in [-0.4, -0.2) is 27.3 Å². The smallest absolute Gasteiger partial charge is 0.0951 e. The van der Waals surface area contributed by atoms with E-state index in [-0.39, 0.29) is 6.10 Å². The van der Waals surface area contributed by atoms with Crippen LogP contribution in [0.15, 0.2) is 12.5 Å². The fourth-order valence-electron chi connectivity index (χ4n) is 3.16. The van der Waals surface area contributed by atoms with Gasteiger partial charge < -0.3 is 15.0 Å². The summed E-state index contributed by atoms with van der Waals surface area (Å²) in [6.45, 7) is 1.12. The highest BCUT2D eigenvalue weighted by Gasteiger charge is 2.26. The van der Waals surface area contributed by atoms with Gasteiger partial charge in [0.25, 0.3) is 0 Å². The lowest BCUT2D eigenvalue weighted by Crippen LogP contribution is -2.24. The van der Waals surface area contributed by atoms with Crippen LogP contribution >= 0.6 is 0 Å². The Morgan fingerprint density at radius 1 is 1.24 bits per heavy atom. The third-order valence-electron chi connectivity index (χ3n) is 4.17. The Hall–Kier alpha value is -0.870. The maximum absolute atomic E-state index is 9.57. The van der Waals surface area contributed by atoms with Gasteiger partial charge in [-0.15, -0.1) is 0 Å². The van der Waals surface area contributed by atoms with E-state index in [1.165, 1.54) is 18.5 Å². The summed E-state index contributed by atoms with van der Waals surface area (Å²) < 4.78 is 2.34. The fraction of sp³-hybridized carbons (Fsp3) is 0.769. The molecule has 1 unspecified atom stereocenters. The molecule has 4 heteroatoms. The Balaban J connectivity index is 1.76. The molecule has 1 saturated heterocycles. The molecule has 17 heavy (non-hydrogen) atoms. The molecular formula is C13H21N3O. The van der Waals surface area contributed by atoms with E-state index in [2.05, 4.69) is 14.9 Å². The SMILES string of the molecule is OC1CCC(n2cncc2C2CCCN2)CC1. The second-order valence-corrected chi connectivity index (χ2v) is 5.34. The highest BCUT2D eigenvalue weighted by atomic mass is 16.3. The summed E-state index contributed by atoms with van der Waals surface area (Å²) in [6, 6.07) is 1.03. The Morgan fingerprint density at radius 2 is 2.06 bits per heavy atom. The molecule has 1 atom stereocenters. The quantitative estimate of drug-likeness (QED) is 0.821. The fourth-order valence-corrected chi connectivity index (χ4v) is 3.16. The van der Waals surface area contributed by atoms with Crippen LogP contribution in [0.4, 0.5) is 0 Å². The molecule has 0 aromatic carbocycles. The number of hydrogen-bond acceptors (Lipinski definition) is 3. The first-order valence-electron chi connectivity index (χ1n) is 6.78. The third-order valence-corrected chi connectivity index (χ3v) is 4.17. The minimum absolute atomic E-state index is 0.0807. The van der Waals surface area contributed by atoms with Crippen LogP contribution in [0, 0.1) is 0 Å². The molecule has 1 aliphatic carbocycles. The minimum Gasteiger partial charge on any atom is -0.393 e. The van der Waals surface area contributed by atoms with Crippen molar-refractivity contribution < 1.29 is 5.11 Å². The monoisotopic (exact) mass is 235 g/mol. The van der Waals surface area contributed by atoms with Crippen LogP contribution in [0.5, 0.6) is 0 Å². The number of imidazole rings is 1. The first kappa shape index (κ1) is 11.2. The van der Waals surface area contributed by atoms with E-state index in [1.54, 1.807) is 0 Å². The molecule has 94 valence electrons. The summed E-state index contributed by atoms with van der Waals surface area (Å²) in [5.74, 6) is 0. The van der Waals surface area contributed by atoms with Crippen LogP contribution < -0.4 is 5.32 Å². The maximum atomic E-state index is 9.57. The van der Waals surface area contributed by atoms with Crippen LogP contribution in [0.25, 0.3) is 0 Å². The van der Waals surface area contributed by atoms with E-state index in [0.29, 0.717) is 12.1 Å². The van der Waals surface area contributed by atoms with Crippen molar-refractivity contribution in [2.24, 2.45) is 0 Å². The van der Waals surface area contributed by atoms with Gasteiger partial charge in [-0.3, -0.25) is 0 Å². The van der Waals surface area contributed by atoms with Crippen LogP contribution in [0.1, 0.15) is 56.3 Å². The van der Waals surface area contributed by atoms with Crippen LogP contribution in [0.3, 0.4) is 0 Å². The average Bonchev–Trinajstić information content (AvgIpc) is 3.00. The number of hydrogen-bond donors (Lipinski definition) is 2. The zero-order valence-electron chi connectivity index (χ0n) is 10.2. The molecule has 3 rings (SSSR count). The normalized spacial score (nSPS) is 34.1. The predicted octanol–water partition coefficient (Wildman–Crippen LogP) is 1.78. The van der Waals surface area contributed by atoms with Gasteiger partial charge in [0.2, 0.25) is 0 Å².